The largest absolute Gasteiger partial charge is 0.459 e. The van der Waals surface area contributed by atoms with Crippen molar-refractivity contribution in [2.45, 2.75) is 38.1 Å². The highest BCUT2D eigenvalue weighted by Gasteiger charge is 2.36. The van der Waals surface area contributed by atoms with Crippen LogP contribution in [0, 0.1) is 0 Å². The van der Waals surface area contributed by atoms with E-state index in [9.17, 15) is 22.8 Å². The smallest absolute Gasteiger partial charge is 0.416 e. The Morgan fingerprint density at radius 3 is 2.57 bits per heavy atom. The first-order valence-corrected chi connectivity index (χ1v) is 8.89. The molecule has 1 fully saturated rings. The number of esters is 1. The molecule has 2 atom stereocenters. The molecule has 0 aromatic heterocycles. The number of alkyl halides is 3. The number of ether oxygens (including phenoxy) is 2. The maximum Gasteiger partial charge on any atom is 0.416 e. The molecule has 1 aromatic rings. The highest BCUT2D eigenvalue weighted by Crippen LogP contribution is 2.34. The van der Waals surface area contributed by atoms with Crippen LogP contribution in [0.4, 0.5) is 18.0 Å². The molecule has 2 amide bonds. The molecular weight excluding hydrogens is 377 g/mol. The molecule has 9 heteroatoms. The molecule has 0 saturated carbocycles. The molecular formula is C19H21F3N2O4. The minimum atomic E-state index is -4.47. The van der Waals surface area contributed by atoms with Crippen LogP contribution in [-0.2, 0) is 20.4 Å². The van der Waals surface area contributed by atoms with Gasteiger partial charge in [-0.15, -0.1) is 0 Å². The number of halogens is 3. The summed E-state index contributed by atoms with van der Waals surface area (Å²) in [5.41, 5.74) is 0.113. The summed E-state index contributed by atoms with van der Waals surface area (Å²) in [6.45, 7) is 2.31. The number of allylic oxidation sites excluding steroid dienone is 1. The van der Waals surface area contributed by atoms with Crippen LogP contribution in [0.1, 0.15) is 36.9 Å². The monoisotopic (exact) mass is 398 g/mol. The molecule has 3 rings (SSSR count). The van der Waals surface area contributed by atoms with Crippen molar-refractivity contribution >= 4 is 12.0 Å². The Bertz CT molecular complexity index is 783. The van der Waals surface area contributed by atoms with Crippen molar-refractivity contribution in [2.24, 2.45) is 0 Å². The second-order valence-corrected chi connectivity index (χ2v) is 6.79. The van der Waals surface area contributed by atoms with Crippen molar-refractivity contribution in [1.29, 1.82) is 0 Å². The Kier molecular flexibility index (Phi) is 5.64. The molecule has 1 saturated heterocycles. The molecule has 0 unspecified atom stereocenters. The third-order valence-electron chi connectivity index (χ3n) is 4.97. The SMILES string of the molecule is CC1=C(C(=O)OC[C@H]2CCCO2)[C@H](c2ccc(C(F)(F)F)cc2)NC(=O)N1C. The van der Waals surface area contributed by atoms with Gasteiger partial charge in [0.05, 0.1) is 23.3 Å². The molecule has 0 bridgehead atoms. The van der Waals surface area contributed by atoms with Gasteiger partial charge >= 0.3 is 18.2 Å². The van der Waals surface area contributed by atoms with E-state index in [0.717, 1.165) is 25.0 Å². The summed E-state index contributed by atoms with van der Waals surface area (Å²) in [5.74, 6) is -0.634. The second-order valence-electron chi connectivity index (χ2n) is 6.79. The summed E-state index contributed by atoms with van der Waals surface area (Å²) in [7, 11) is 1.50. The fourth-order valence-corrected chi connectivity index (χ4v) is 3.24. The van der Waals surface area contributed by atoms with Crippen LogP contribution in [-0.4, -0.2) is 43.3 Å². The van der Waals surface area contributed by atoms with Crippen LogP contribution in [0.5, 0.6) is 0 Å². The quantitative estimate of drug-likeness (QED) is 0.790. The summed E-state index contributed by atoms with van der Waals surface area (Å²) in [6, 6.07) is 2.98. The number of hydrogen-bond acceptors (Lipinski definition) is 4. The van der Waals surface area contributed by atoms with Crippen molar-refractivity contribution in [3.8, 4) is 0 Å². The number of urea groups is 1. The van der Waals surface area contributed by atoms with Gasteiger partial charge in [-0.05, 0) is 37.5 Å². The number of carbonyl (C=O) groups excluding carboxylic acids is 2. The van der Waals surface area contributed by atoms with Gasteiger partial charge < -0.3 is 19.7 Å². The molecule has 1 aromatic carbocycles. The summed E-state index contributed by atoms with van der Waals surface area (Å²) in [4.78, 5) is 26.2. The number of hydrogen-bond donors (Lipinski definition) is 1. The van der Waals surface area contributed by atoms with Crippen LogP contribution in [0.2, 0.25) is 0 Å². The number of carbonyl (C=O) groups is 2. The number of rotatable bonds is 4. The van der Waals surface area contributed by atoms with Gasteiger partial charge in [0.2, 0.25) is 0 Å². The lowest BCUT2D eigenvalue weighted by Crippen LogP contribution is -2.46. The Labute approximate surface area is 160 Å². The predicted octanol–water partition coefficient (Wildman–Crippen LogP) is 3.40. The highest BCUT2D eigenvalue weighted by molar-refractivity contribution is 5.95. The molecule has 28 heavy (non-hydrogen) atoms. The number of nitrogens with one attached hydrogen (secondary N) is 1. The highest BCUT2D eigenvalue weighted by atomic mass is 19.4. The fourth-order valence-electron chi connectivity index (χ4n) is 3.24. The summed E-state index contributed by atoms with van der Waals surface area (Å²) >= 11 is 0. The number of benzene rings is 1. The summed E-state index contributed by atoms with van der Waals surface area (Å²) in [5, 5.41) is 2.65. The van der Waals surface area contributed by atoms with E-state index in [2.05, 4.69) is 5.32 Å². The van der Waals surface area contributed by atoms with Crippen LogP contribution in [0.15, 0.2) is 35.5 Å². The van der Waals surface area contributed by atoms with Crippen molar-refractivity contribution in [3.05, 3.63) is 46.7 Å². The van der Waals surface area contributed by atoms with Crippen molar-refractivity contribution in [1.82, 2.24) is 10.2 Å². The third kappa shape index (κ3) is 4.14. The van der Waals surface area contributed by atoms with Gasteiger partial charge in [0.25, 0.3) is 0 Å². The van der Waals surface area contributed by atoms with E-state index in [-0.39, 0.29) is 18.3 Å². The normalized spacial score (nSPS) is 23.0. The van der Waals surface area contributed by atoms with Crippen molar-refractivity contribution in [2.75, 3.05) is 20.3 Å². The molecule has 6 nitrogen and oxygen atoms in total. The third-order valence-corrected chi connectivity index (χ3v) is 4.97. The fraction of sp³-hybridized carbons (Fsp3) is 0.474. The molecule has 1 N–H and O–H groups in total. The minimum Gasteiger partial charge on any atom is -0.459 e. The Morgan fingerprint density at radius 1 is 1.32 bits per heavy atom. The molecule has 152 valence electrons. The van der Waals surface area contributed by atoms with Gasteiger partial charge in [-0.2, -0.15) is 13.2 Å². The summed E-state index contributed by atoms with van der Waals surface area (Å²) in [6.07, 6.45) is -2.94. The van der Waals surface area contributed by atoms with Crippen LogP contribution in [0.25, 0.3) is 0 Å². The average Bonchev–Trinajstić information content (AvgIpc) is 3.17. The van der Waals surface area contributed by atoms with E-state index in [1.54, 1.807) is 6.92 Å². The van der Waals surface area contributed by atoms with Crippen LogP contribution in [0.3, 0.4) is 0 Å². The van der Waals surface area contributed by atoms with Gasteiger partial charge in [0, 0.05) is 19.4 Å². The Morgan fingerprint density at radius 2 is 2.00 bits per heavy atom. The van der Waals surface area contributed by atoms with Gasteiger partial charge in [-0.25, -0.2) is 9.59 Å². The number of nitrogens with zero attached hydrogens (tertiary/aromatic N) is 1. The topological polar surface area (TPSA) is 67.9 Å². The average molecular weight is 398 g/mol. The molecule has 2 aliphatic rings. The zero-order valence-electron chi connectivity index (χ0n) is 15.5. The lowest BCUT2D eigenvalue weighted by atomic mass is 9.94. The molecule has 0 spiro atoms. The molecule has 2 aliphatic heterocycles. The van der Waals surface area contributed by atoms with E-state index in [1.807, 2.05) is 0 Å². The summed E-state index contributed by atoms with van der Waals surface area (Å²) < 4.78 is 49.3. The minimum absolute atomic E-state index is 0.0903. The van der Waals surface area contributed by atoms with Gasteiger partial charge in [-0.1, -0.05) is 12.1 Å². The van der Waals surface area contributed by atoms with E-state index in [4.69, 9.17) is 9.47 Å². The lowest BCUT2D eigenvalue weighted by molar-refractivity contribution is -0.143. The Balaban J connectivity index is 1.86. The lowest BCUT2D eigenvalue weighted by Gasteiger charge is -2.33. The molecule has 0 aliphatic carbocycles. The maximum atomic E-state index is 12.8. The van der Waals surface area contributed by atoms with Gasteiger partial charge in [0.15, 0.2) is 0 Å². The zero-order chi connectivity index (χ0) is 20.5. The second kappa shape index (κ2) is 7.83. The number of amides is 2. The Hall–Kier alpha value is -2.55. The first-order chi connectivity index (χ1) is 13.2. The van der Waals surface area contributed by atoms with E-state index in [1.165, 1.54) is 24.1 Å². The van der Waals surface area contributed by atoms with Crippen molar-refractivity contribution < 1.29 is 32.2 Å². The predicted molar refractivity (Wildman–Crippen MR) is 93.1 cm³/mol. The van der Waals surface area contributed by atoms with E-state index >= 15 is 0 Å². The molecule has 0 radical (unpaired) electrons. The van der Waals surface area contributed by atoms with Crippen LogP contribution >= 0.6 is 0 Å². The molecule has 2 heterocycles. The van der Waals surface area contributed by atoms with Gasteiger partial charge in [0.1, 0.15) is 6.61 Å². The maximum absolute atomic E-state index is 12.8. The van der Waals surface area contributed by atoms with Crippen LogP contribution < -0.4 is 5.32 Å². The van der Waals surface area contributed by atoms with Crippen molar-refractivity contribution in [3.63, 3.8) is 0 Å². The van der Waals surface area contributed by atoms with E-state index in [0.29, 0.717) is 17.9 Å². The standard InChI is InChI=1S/C19H21F3N2O4/c1-11-15(17(25)28-10-14-4-3-9-27-14)16(23-18(26)24(11)2)12-5-7-13(8-6-12)19(20,21)22/h5-8,14,16H,3-4,9-10H2,1-2H3,(H,23,26)/t14-,16+/m1/s1. The first-order valence-electron chi connectivity index (χ1n) is 8.89. The first kappa shape index (κ1) is 20.2. The zero-order valence-corrected chi connectivity index (χ0v) is 15.5. The van der Waals surface area contributed by atoms with E-state index < -0.39 is 29.8 Å². The van der Waals surface area contributed by atoms with Gasteiger partial charge in [-0.3, -0.25) is 0 Å².